The number of anilines is 1. The van der Waals surface area contributed by atoms with Gasteiger partial charge in [-0.1, -0.05) is 37.3 Å². The fourth-order valence-corrected chi connectivity index (χ4v) is 3.48. The molecule has 0 radical (unpaired) electrons. The van der Waals surface area contributed by atoms with E-state index in [0.29, 0.717) is 24.7 Å². The highest BCUT2D eigenvalue weighted by Gasteiger charge is 2.21. The average molecular weight is 406 g/mol. The number of nitrogens with one attached hydrogen (secondary N) is 1. The highest BCUT2D eigenvalue weighted by molar-refractivity contribution is 5.91. The molecule has 1 saturated heterocycles. The molecule has 0 saturated carbocycles. The van der Waals surface area contributed by atoms with Gasteiger partial charge in [0.1, 0.15) is 6.26 Å². The summed E-state index contributed by atoms with van der Waals surface area (Å²) >= 11 is 0. The number of hydrogen-bond acceptors (Lipinski definition) is 7. The number of benzene rings is 1. The fraction of sp³-hybridized carbons (Fsp3) is 0.364. The molecule has 1 N–H and O–H groups in total. The summed E-state index contributed by atoms with van der Waals surface area (Å²) in [6.07, 6.45) is 4.95. The molecule has 8 nitrogen and oxygen atoms in total. The van der Waals surface area contributed by atoms with Gasteiger partial charge in [-0.3, -0.25) is 9.69 Å². The first-order chi connectivity index (χ1) is 14.7. The second-order valence-electron chi connectivity index (χ2n) is 7.46. The monoisotopic (exact) mass is 406 g/mol. The molecule has 1 atom stereocenters. The van der Waals surface area contributed by atoms with Crippen molar-refractivity contribution in [2.75, 3.05) is 37.6 Å². The Balaban J connectivity index is 1.25. The topological polar surface area (TPSA) is 87.4 Å². The predicted molar refractivity (Wildman–Crippen MR) is 113 cm³/mol. The van der Waals surface area contributed by atoms with Crippen LogP contribution in [0.3, 0.4) is 0 Å². The molecule has 8 heteroatoms. The smallest absolute Gasteiger partial charge is 0.273 e. The van der Waals surface area contributed by atoms with E-state index in [1.54, 1.807) is 12.4 Å². The zero-order valence-corrected chi connectivity index (χ0v) is 17.1. The van der Waals surface area contributed by atoms with E-state index >= 15 is 0 Å². The fourth-order valence-electron chi connectivity index (χ4n) is 3.48. The van der Waals surface area contributed by atoms with Crippen molar-refractivity contribution in [3.63, 3.8) is 0 Å². The van der Waals surface area contributed by atoms with Crippen molar-refractivity contribution in [2.24, 2.45) is 0 Å². The third-order valence-electron chi connectivity index (χ3n) is 5.29. The van der Waals surface area contributed by atoms with Gasteiger partial charge >= 0.3 is 0 Å². The molecule has 1 aromatic carbocycles. The normalized spacial score (nSPS) is 15.7. The van der Waals surface area contributed by atoms with Crippen molar-refractivity contribution < 1.29 is 9.21 Å². The van der Waals surface area contributed by atoms with Gasteiger partial charge in [-0.25, -0.2) is 15.0 Å². The molecule has 1 aliphatic rings. The maximum Gasteiger partial charge on any atom is 0.273 e. The third kappa shape index (κ3) is 5.01. The number of hydrogen-bond donors (Lipinski definition) is 1. The van der Waals surface area contributed by atoms with Gasteiger partial charge in [-0.05, 0) is 17.5 Å². The number of nitrogens with zero attached hydrogens (tertiary/aromatic N) is 5. The van der Waals surface area contributed by atoms with E-state index in [1.807, 2.05) is 24.3 Å². The third-order valence-corrected chi connectivity index (χ3v) is 5.29. The van der Waals surface area contributed by atoms with Gasteiger partial charge in [0.05, 0.1) is 6.54 Å². The molecule has 156 valence electrons. The van der Waals surface area contributed by atoms with Crippen LogP contribution in [0.4, 0.5) is 5.95 Å². The van der Waals surface area contributed by atoms with Crippen LogP contribution in [0.5, 0.6) is 0 Å². The molecule has 3 heterocycles. The predicted octanol–water partition coefficient (Wildman–Crippen LogP) is 2.32. The lowest BCUT2D eigenvalue weighted by molar-refractivity contribution is 0.0946. The quantitative estimate of drug-likeness (QED) is 0.644. The van der Waals surface area contributed by atoms with Gasteiger partial charge in [-0.15, -0.1) is 0 Å². The molecular formula is C22H26N6O2. The minimum absolute atomic E-state index is 0.209. The van der Waals surface area contributed by atoms with Gasteiger partial charge < -0.3 is 14.6 Å². The Morgan fingerprint density at radius 3 is 2.57 bits per heavy atom. The average Bonchev–Trinajstić information content (AvgIpc) is 3.27. The SMILES string of the molecule is C[C@H](CNC(=O)c1coc(CN2CCN(c3ncccn3)CC2)n1)c1ccccc1. The Hall–Kier alpha value is -3.26. The second-order valence-corrected chi connectivity index (χ2v) is 7.46. The van der Waals surface area contributed by atoms with E-state index in [2.05, 4.69) is 49.1 Å². The molecule has 0 aliphatic carbocycles. The maximum atomic E-state index is 12.4. The van der Waals surface area contributed by atoms with Crippen LogP contribution < -0.4 is 10.2 Å². The van der Waals surface area contributed by atoms with E-state index < -0.39 is 0 Å². The summed E-state index contributed by atoms with van der Waals surface area (Å²) in [5.74, 6) is 1.34. The van der Waals surface area contributed by atoms with Crippen LogP contribution in [0.25, 0.3) is 0 Å². The molecule has 1 aliphatic heterocycles. The lowest BCUT2D eigenvalue weighted by atomic mass is 10.0. The van der Waals surface area contributed by atoms with Crippen LogP contribution in [-0.2, 0) is 6.54 Å². The van der Waals surface area contributed by atoms with E-state index in [1.165, 1.54) is 11.8 Å². The highest BCUT2D eigenvalue weighted by Crippen LogP contribution is 2.14. The van der Waals surface area contributed by atoms with Crippen molar-refractivity contribution in [2.45, 2.75) is 19.4 Å². The summed E-state index contributed by atoms with van der Waals surface area (Å²) in [5, 5.41) is 2.94. The molecule has 1 amide bonds. The lowest BCUT2D eigenvalue weighted by Crippen LogP contribution is -2.46. The number of piperazine rings is 1. The Bertz CT molecular complexity index is 939. The van der Waals surface area contributed by atoms with Crippen molar-refractivity contribution >= 4 is 11.9 Å². The van der Waals surface area contributed by atoms with Gasteiger partial charge in [0.25, 0.3) is 5.91 Å². The summed E-state index contributed by atoms with van der Waals surface area (Å²) in [5.41, 5.74) is 1.51. The summed E-state index contributed by atoms with van der Waals surface area (Å²) < 4.78 is 5.54. The molecule has 0 unspecified atom stereocenters. The molecule has 3 aromatic rings. The van der Waals surface area contributed by atoms with Crippen LogP contribution in [0, 0.1) is 0 Å². The standard InChI is InChI=1S/C22H26N6O2/c1-17(18-6-3-2-4-7-18)14-25-21(29)19-16-30-20(26-19)15-27-10-12-28(13-11-27)22-23-8-5-9-24-22/h2-9,16-17H,10-15H2,1H3,(H,25,29)/t17-/m1/s1. The second kappa shape index (κ2) is 9.49. The van der Waals surface area contributed by atoms with Gasteiger partial charge in [0.2, 0.25) is 11.8 Å². The molecule has 4 rings (SSSR count). The van der Waals surface area contributed by atoms with Gasteiger partial charge in [-0.2, -0.15) is 0 Å². The van der Waals surface area contributed by atoms with Crippen molar-refractivity contribution in [3.8, 4) is 0 Å². The van der Waals surface area contributed by atoms with Crippen molar-refractivity contribution in [1.29, 1.82) is 0 Å². The first-order valence-electron chi connectivity index (χ1n) is 10.2. The molecule has 0 bridgehead atoms. The summed E-state index contributed by atoms with van der Waals surface area (Å²) in [6.45, 7) is 6.62. The molecule has 1 fully saturated rings. The van der Waals surface area contributed by atoms with Crippen molar-refractivity contribution in [3.05, 3.63) is 72.2 Å². The molecule has 2 aromatic heterocycles. The zero-order chi connectivity index (χ0) is 20.8. The lowest BCUT2D eigenvalue weighted by Gasteiger charge is -2.33. The maximum absolute atomic E-state index is 12.4. The van der Waals surface area contributed by atoms with Crippen LogP contribution >= 0.6 is 0 Å². The largest absolute Gasteiger partial charge is 0.447 e. The summed E-state index contributed by atoms with van der Waals surface area (Å²) in [6, 6.07) is 11.9. The van der Waals surface area contributed by atoms with E-state index in [-0.39, 0.29) is 11.8 Å². The first-order valence-corrected chi connectivity index (χ1v) is 10.2. The summed E-state index contributed by atoms with van der Waals surface area (Å²) in [7, 11) is 0. The molecule has 30 heavy (non-hydrogen) atoms. The van der Waals surface area contributed by atoms with Crippen molar-refractivity contribution in [1.82, 2.24) is 25.2 Å². The minimum Gasteiger partial charge on any atom is -0.447 e. The Morgan fingerprint density at radius 2 is 1.83 bits per heavy atom. The highest BCUT2D eigenvalue weighted by atomic mass is 16.3. The van der Waals surface area contributed by atoms with Gasteiger partial charge in [0.15, 0.2) is 5.69 Å². The van der Waals surface area contributed by atoms with Crippen LogP contribution in [0.1, 0.15) is 34.8 Å². The number of oxazole rings is 1. The number of aromatic nitrogens is 3. The van der Waals surface area contributed by atoms with Crippen LogP contribution in [-0.4, -0.2) is 58.5 Å². The van der Waals surface area contributed by atoms with E-state index in [0.717, 1.165) is 32.1 Å². The minimum atomic E-state index is -0.209. The van der Waals surface area contributed by atoms with E-state index in [4.69, 9.17) is 4.42 Å². The Morgan fingerprint density at radius 1 is 1.10 bits per heavy atom. The number of amides is 1. The van der Waals surface area contributed by atoms with Gasteiger partial charge in [0, 0.05) is 45.1 Å². The van der Waals surface area contributed by atoms with Crippen LogP contribution in [0.15, 0.2) is 59.5 Å². The Labute approximate surface area is 176 Å². The molecule has 0 spiro atoms. The molecular weight excluding hydrogens is 380 g/mol. The van der Waals surface area contributed by atoms with E-state index in [9.17, 15) is 4.79 Å². The number of carbonyl (C=O) groups excluding carboxylic acids is 1. The Kier molecular flexibility index (Phi) is 6.34. The number of rotatable bonds is 7. The van der Waals surface area contributed by atoms with Crippen LogP contribution in [0.2, 0.25) is 0 Å². The summed E-state index contributed by atoms with van der Waals surface area (Å²) in [4.78, 5) is 29.8. The number of carbonyl (C=O) groups is 1. The first kappa shape index (κ1) is 20.0. The zero-order valence-electron chi connectivity index (χ0n) is 17.1.